The molecular weight excluding hydrogens is 440 g/mol. The molecule has 4 rings (SSSR count). The topological polar surface area (TPSA) is 116 Å². The molecule has 3 aromatic rings. The molecule has 0 saturated carbocycles. The molecule has 8 nitrogen and oxygen atoms in total. The van der Waals surface area contributed by atoms with Crippen LogP contribution in [-0.4, -0.2) is 46.9 Å². The number of benzene rings is 1. The highest BCUT2D eigenvalue weighted by atomic mass is 32.1. The number of aromatic hydroxyl groups is 1. The van der Waals surface area contributed by atoms with Crippen molar-refractivity contribution in [2.75, 3.05) is 25.1 Å². The van der Waals surface area contributed by atoms with Crippen LogP contribution in [0.5, 0.6) is 5.75 Å². The molecule has 33 heavy (non-hydrogen) atoms. The minimum Gasteiger partial charge on any atom is -0.507 e. The van der Waals surface area contributed by atoms with Crippen molar-refractivity contribution in [3.63, 3.8) is 0 Å². The molecule has 4 N–H and O–H groups in total. The van der Waals surface area contributed by atoms with Crippen molar-refractivity contribution in [1.29, 1.82) is 0 Å². The average molecular weight is 469 g/mol. The maximum atomic E-state index is 13.0. The summed E-state index contributed by atoms with van der Waals surface area (Å²) in [5.74, 6) is -0.459. The number of carbonyl (C=O) groups is 2. The number of nitrogens with zero attached hydrogens (tertiary/aromatic N) is 1. The van der Waals surface area contributed by atoms with Crippen LogP contribution in [0, 0.1) is 0 Å². The lowest BCUT2D eigenvalue weighted by molar-refractivity contribution is 0.0944. The molecule has 2 amide bonds. The summed E-state index contributed by atoms with van der Waals surface area (Å²) >= 11 is 1.47. The molecule has 0 spiro atoms. The first-order valence-electron chi connectivity index (χ1n) is 11.2. The fraction of sp³-hybridized carbons (Fsp3) is 0.375. The van der Waals surface area contributed by atoms with Crippen LogP contribution >= 0.6 is 11.3 Å². The zero-order valence-electron chi connectivity index (χ0n) is 18.6. The van der Waals surface area contributed by atoms with Crippen molar-refractivity contribution >= 4 is 28.2 Å². The number of rotatable bonds is 9. The number of fused-ring (bicyclic) bond motifs is 1. The lowest BCUT2D eigenvalue weighted by Crippen LogP contribution is -2.27. The van der Waals surface area contributed by atoms with Crippen LogP contribution in [0.2, 0.25) is 0 Å². The lowest BCUT2D eigenvalue weighted by Gasteiger charge is -2.13. The van der Waals surface area contributed by atoms with Gasteiger partial charge in [0.05, 0.1) is 11.3 Å². The van der Waals surface area contributed by atoms with E-state index in [1.54, 1.807) is 30.3 Å². The Morgan fingerprint density at radius 1 is 1.21 bits per heavy atom. The number of phenolic OH excluding ortho intramolecular Hbond substituents is 1. The summed E-state index contributed by atoms with van der Waals surface area (Å²) in [4.78, 5) is 27.2. The molecule has 0 unspecified atom stereocenters. The number of hydrogen-bond donors (Lipinski definition) is 4. The van der Waals surface area contributed by atoms with Gasteiger partial charge >= 0.3 is 0 Å². The van der Waals surface area contributed by atoms with Gasteiger partial charge in [-0.15, -0.1) is 11.3 Å². The third-order valence-electron chi connectivity index (χ3n) is 5.58. The van der Waals surface area contributed by atoms with E-state index in [0.29, 0.717) is 41.6 Å². The molecule has 0 radical (unpaired) electrons. The zero-order valence-corrected chi connectivity index (χ0v) is 19.4. The van der Waals surface area contributed by atoms with E-state index >= 15 is 0 Å². The Bertz CT molecular complexity index is 1140. The highest BCUT2D eigenvalue weighted by molar-refractivity contribution is 7.17. The quantitative estimate of drug-likeness (QED) is 0.352. The molecule has 1 aliphatic carbocycles. The van der Waals surface area contributed by atoms with Crippen LogP contribution < -0.4 is 10.6 Å². The normalized spacial score (nSPS) is 12.9. The highest BCUT2D eigenvalue weighted by Crippen LogP contribution is 2.38. The van der Waals surface area contributed by atoms with Crippen LogP contribution in [0.15, 0.2) is 30.3 Å². The number of nitrogens with one attached hydrogen (secondary N) is 3. The molecule has 0 fully saturated rings. The summed E-state index contributed by atoms with van der Waals surface area (Å²) in [6.07, 6.45) is 4.61. The number of hydrogen-bond acceptors (Lipinski definition) is 6. The molecule has 2 aromatic heterocycles. The monoisotopic (exact) mass is 468 g/mol. The molecule has 1 aliphatic rings. The van der Waals surface area contributed by atoms with Crippen LogP contribution in [0.4, 0.5) is 5.00 Å². The molecule has 0 atom stereocenters. The fourth-order valence-electron chi connectivity index (χ4n) is 3.94. The molecule has 0 saturated heterocycles. The molecule has 9 heteroatoms. The highest BCUT2D eigenvalue weighted by Gasteiger charge is 2.27. The SMILES string of the molecule is CCOCCCNC(=O)c1c(NC(=O)c2cc(-c3ccccc3O)n[nH]2)sc2c1CCCC2. The predicted molar refractivity (Wildman–Crippen MR) is 128 cm³/mol. The first kappa shape index (κ1) is 23.0. The molecule has 1 aromatic carbocycles. The summed E-state index contributed by atoms with van der Waals surface area (Å²) in [6, 6.07) is 8.40. The predicted octanol–water partition coefficient (Wildman–Crippen LogP) is 4.13. The molecule has 2 heterocycles. The van der Waals surface area contributed by atoms with Gasteiger partial charge < -0.3 is 20.5 Å². The van der Waals surface area contributed by atoms with Gasteiger partial charge in [-0.3, -0.25) is 14.7 Å². The van der Waals surface area contributed by atoms with E-state index in [4.69, 9.17) is 4.74 Å². The van der Waals surface area contributed by atoms with Gasteiger partial charge in [-0.25, -0.2) is 0 Å². The Morgan fingerprint density at radius 3 is 2.85 bits per heavy atom. The number of para-hydroxylation sites is 1. The Hall–Kier alpha value is -3.17. The number of anilines is 1. The van der Waals surface area contributed by atoms with Gasteiger partial charge in [0.1, 0.15) is 16.4 Å². The van der Waals surface area contributed by atoms with Crippen molar-refractivity contribution in [1.82, 2.24) is 15.5 Å². The summed E-state index contributed by atoms with van der Waals surface area (Å²) < 4.78 is 5.33. The number of aromatic amines is 1. The van der Waals surface area contributed by atoms with E-state index in [-0.39, 0.29) is 23.3 Å². The maximum Gasteiger partial charge on any atom is 0.274 e. The summed E-state index contributed by atoms with van der Waals surface area (Å²) in [5.41, 5.74) is 2.87. The zero-order chi connectivity index (χ0) is 23.2. The Balaban J connectivity index is 1.52. The fourth-order valence-corrected chi connectivity index (χ4v) is 5.22. The van der Waals surface area contributed by atoms with Gasteiger partial charge in [-0.05, 0) is 62.8 Å². The molecule has 0 bridgehead atoms. The van der Waals surface area contributed by atoms with Crippen LogP contribution in [0.1, 0.15) is 57.5 Å². The van der Waals surface area contributed by atoms with Gasteiger partial charge in [0.25, 0.3) is 11.8 Å². The second kappa shape index (κ2) is 10.6. The minimum absolute atomic E-state index is 0.0881. The molecule has 0 aliphatic heterocycles. The van der Waals surface area contributed by atoms with Gasteiger partial charge in [0, 0.05) is 30.2 Å². The van der Waals surface area contributed by atoms with Crippen LogP contribution in [-0.2, 0) is 17.6 Å². The van der Waals surface area contributed by atoms with E-state index in [9.17, 15) is 14.7 Å². The van der Waals surface area contributed by atoms with Gasteiger partial charge in [0.15, 0.2) is 0 Å². The second-order valence-corrected chi connectivity index (χ2v) is 8.96. The summed E-state index contributed by atoms with van der Waals surface area (Å²) in [5, 5.41) is 23.4. The lowest BCUT2D eigenvalue weighted by atomic mass is 9.95. The maximum absolute atomic E-state index is 13.0. The van der Waals surface area contributed by atoms with Crippen LogP contribution in [0.3, 0.4) is 0 Å². The van der Waals surface area contributed by atoms with Crippen molar-refractivity contribution < 1.29 is 19.4 Å². The standard InChI is InChI=1S/C24H28N4O4S/c1-2-32-13-7-12-25-23(31)21-16-9-4-6-11-20(16)33-24(21)26-22(30)18-14-17(27-28-18)15-8-3-5-10-19(15)29/h3,5,8,10,14,29H,2,4,6-7,9,11-13H2,1H3,(H,25,31)(H,26,30)(H,27,28). The summed E-state index contributed by atoms with van der Waals surface area (Å²) in [7, 11) is 0. The summed E-state index contributed by atoms with van der Waals surface area (Å²) in [6.45, 7) is 3.71. The van der Waals surface area contributed by atoms with Crippen molar-refractivity contribution in [2.24, 2.45) is 0 Å². The third kappa shape index (κ3) is 5.26. The Labute approximate surface area is 196 Å². The van der Waals surface area contributed by atoms with E-state index in [2.05, 4.69) is 20.8 Å². The Morgan fingerprint density at radius 2 is 2.03 bits per heavy atom. The van der Waals surface area contributed by atoms with Crippen molar-refractivity contribution in [3.8, 4) is 17.0 Å². The van der Waals surface area contributed by atoms with Gasteiger partial charge in [-0.1, -0.05) is 12.1 Å². The van der Waals surface area contributed by atoms with E-state index < -0.39 is 0 Å². The smallest absolute Gasteiger partial charge is 0.274 e. The van der Waals surface area contributed by atoms with E-state index in [1.807, 2.05) is 6.92 Å². The molecule has 174 valence electrons. The number of thiophene rings is 1. The number of carbonyl (C=O) groups excluding carboxylic acids is 2. The van der Waals surface area contributed by atoms with Gasteiger partial charge in [0.2, 0.25) is 0 Å². The minimum atomic E-state index is -0.381. The molecular formula is C24H28N4O4S. The van der Waals surface area contributed by atoms with Crippen molar-refractivity contribution in [3.05, 3.63) is 52.0 Å². The van der Waals surface area contributed by atoms with E-state index in [1.165, 1.54) is 11.3 Å². The number of aryl methyl sites for hydroxylation is 1. The first-order chi connectivity index (χ1) is 16.1. The number of H-pyrrole nitrogens is 1. The Kier molecular flexibility index (Phi) is 7.41. The largest absolute Gasteiger partial charge is 0.507 e. The second-order valence-electron chi connectivity index (χ2n) is 7.86. The van der Waals surface area contributed by atoms with E-state index in [0.717, 1.165) is 42.5 Å². The van der Waals surface area contributed by atoms with Crippen LogP contribution in [0.25, 0.3) is 11.3 Å². The average Bonchev–Trinajstić information content (AvgIpc) is 3.44. The number of ether oxygens (including phenoxy) is 1. The van der Waals surface area contributed by atoms with Crippen molar-refractivity contribution in [2.45, 2.75) is 39.0 Å². The number of aromatic nitrogens is 2. The number of amides is 2. The first-order valence-corrected chi connectivity index (χ1v) is 12.1. The van der Waals surface area contributed by atoms with Gasteiger partial charge in [-0.2, -0.15) is 5.10 Å². The number of phenols is 1. The third-order valence-corrected chi connectivity index (χ3v) is 6.79.